The molecule has 0 aliphatic carbocycles. The van der Waals surface area contributed by atoms with Gasteiger partial charge in [0, 0.05) is 23.2 Å². The van der Waals surface area contributed by atoms with Gasteiger partial charge in [-0.3, -0.25) is 10.1 Å². The van der Waals surface area contributed by atoms with E-state index in [4.69, 9.17) is 11.6 Å². The molecule has 0 unspecified atom stereocenters. The fraction of sp³-hybridized carbons (Fsp3) is 0.538. The summed E-state index contributed by atoms with van der Waals surface area (Å²) in [5, 5.41) is 14.6. The number of nitrogens with zero attached hydrogens (tertiary/aromatic N) is 1. The van der Waals surface area contributed by atoms with Crippen molar-refractivity contribution in [2.45, 2.75) is 25.8 Å². The minimum atomic E-state index is -0.369. The van der Waals surface area contributed by atoms with E-state index in [0.29, 0.717) is 17.1 Å². The molecule has 0 atom stereocenters. The second-order valence-corrected chi connectivity index (χ2v) is 5.68. The molecule has 0 fully saturated rings. The lowest BCUT2D eigenvalue weighted by atomic mass is 10.1. The molecule has 106 valence electrons. The minimum Gasteiger partial charge on any atom is -0.312 e. The Morgan fingerprint density at radius 3 is 2.84 bits per heavy atom. The van der Waals surface area contributed by atoms with Crippen molar-refractivity contribution >= 4 is 29.1 Å². The van der Waals surface area contributed by atoms with Gasteiger partial charge in [0.1, 0.15) is 0 Å². The maximum atomic E-state index is 10.9. The van der Waals surface area contributed by atoms with Crippen molar-refractivity contribution in [3.05, 3.63) is 38.9 Å². The summed E-state index contributed by atoms with van der Waals surface area (Å²) < 4.78 is 0. The van der Waals surface area contributed by atoms with Crippen LogP contribution in [0, 0.1) is 10.1 Å². The Morgan fingerprint density at radius 1 is 1.37 bits per heavy atom. The van der Waals surface area contributed by atoms with Crippen LogP contribution in [0.4, 0.5) is 5.69 Å². The number of halogens is 1. The second kappa shape index (κ2) is 9.18. The molecule has 0 amide bonds. The Balaban J connectivity index is 2.36. The molecule has 0 spiro atoms. The number of rotatable bonds is 9. The number of hydrogen-bond donors (Lipinski definition) is 1. The van der Waals surface area contributed by atoms with Crippen LogP contribution in [-0.2, 0) is 6.54 Å². The Hall–Kier alpha value is -0.780. The molecule has 1 N–H and O–H groups in total. The van der Waals surface area contributed by atoms with Crippen molar-refractivity contribution in [2.24, 2.45) is 0 Å². The Bertz CT molecular complexity index is 416. The fourth-order valence-corrected chi connectivity index (χ4v) is 2.46. The van der Waals surface area contributed by atoms with Gasteiger partial charge in [0.15, 0.2) is 0 Å². The van der Waals surface area contributed by atoms with Crippen molar-refractivity contribution < 1.29 is 4.92 Å². The molecule has 0 aliphatic heterocycles. The second-order valence-electron chi connectivity index (χ2n) is 4.26. The van der Waals surface area contributed by atoms with E-state index in [9.17, 15) is 10.1 Å². The van der Waals surface area contributed by atoms with E-state index in [1.165, 1.54) is 24.7 Å². The van der Waals surface area contributed by atoms with Crippen LogP contribution in [0.15, 0.2) is 18.2 Å². The van der Waals surface area contributed by atoms with Crippen molar-refractivity contribution in [3.8, 4) is 0 Å². The number of nitro groups is 1. The average Bonchev–Trinajstić information content (AvgIpc) is 2.37. The standard InChI is InChI=1S/C13H19ClN2O2S/c1-19-8-4-2-3-7-15-10-11-9-12(14)5-6-13(11)16(17)18/h5-6,9,15H,2-4,7-8,10H2,1H3. The molecule has 0 saturated carbocycles. The Morgan fingerprint density at radius 2 is 2.16 bits per heavy atom. The van der Waals surface area contributed by atoms with Crippen LogP contribution in [0.5, 0.6) is 0 Å². The van der Waals surface area contributed by atoms with E-state index in [1.54, 1.807) is 12.1 Å². The highest BCUT2D eigenvalue weighted by molar-refractivity contribution is 7.98. The van der Waals surface area contributed by atoms with Gasteiger partial charge in [-0.1, -0.05) is 18.0 Å². The zero-order chi connectivity index (χ0) is 14.1. The minimum absolute atomic E-state index is 0.124. The number of nitrogens with one attached hydrogen (secondary N) is 1. The van der Waals surface area contributed by atoms with Gasteiger partial charge in [-0.25, -0.2) is 0 Å². The van der Waals surface area contributed by atoms with Crippen LogP contribution in [0.3, 0.4) is 0 Å². The van der Waals surface area contributed by atoms with E-state index in [-0.39, 0.29) is 10.6 Å². The molecule has 1 rings (SSSR count). The SMILES string of the molecule is CSCCCCCNCc1cc(Cl)ccc1[N+](=O)[O-]. The molecule has 0 saturated heterocycles. The van der Waals surface area contributed by atoms with Gasteiger partial charge in [0.2, 0.25) is 0 Å². The fourth-order valence-electron chi connectivity index (χ4n) is 1.77. The number of nitro benzene ring substituents is 1. The van der Waals surface area contributed by atoms with Crippen molar-refractivity contribution in [1.29, 1.82) is 0 Å². The summed E-state index contributed by atoms with van der Waals surface area (Å²) >= 11 is 7.73. The van der Waals surface area contributed by atoms with Crippen molar-refractivity contribution in [2.75, 3.05) is 18.6 Å². The normalized spacial score (nSPS) is 10.6. The molecule has 1 aromatic carbocycles. The first-order chi connectivity index (χ1) is 9.15. The van der Waals surface area contributed by atoms with Crippen LogP contribution >= 0.6 is 23.4 Å². The van der Waals surface area contributed by atoms with Crippen molar-refractivity contribution in [3.63, 3.8) is 0 Å². The average molecular weight is 303 g/mol. The predicted octanol–water partition coefficient (Wildman–Crippen LogP) is 3.87. The van der Waals surface area contributed by atoms with Gasteiger partial charge < -0.3 is 5.32 Å². The van der Waals surface area contributed by atoms with Crippen LogP contribution in [0.2, 0.25) is 5.02 Å². The summed E-state index contributed by atoms with van der Waals surface area (Å²) in [7, 11) is 0. The van der Waals surface area contributed by atoms with Gasteiger partial charge in [0.05, 0.1) is 4.92 Å². The quantitative estimate of drug-likeness (QED) is 0.427. The van der Waals surface area contributed by atoms with Crippen LogP contribution in [-0.4, -0.2) is 23.5 Å². The number of benzene rings is 1. The maximum Gasteiger partial charge on any atom is 0.273 e. The van der Waals surface area contributed by atoms with Crippen LogP contribution < -0.4 is 5.32 Å². The number of unbranched alkanes of at least 4 members (excludes halogenated alkanes) is 2. The Labute approximate surface area is 123 Å². The molecule has 0 bridgehead atoms. The van der Waals surface area contributed by atoms with Gasteiger partial charge in [-0.15, -0.1) is 0 Å². The smallest absolute Gasteiger partial charge is 0.273 e. The lowest BCUT2D eigenvalue weighted by Crippen LogP contribution is -2.15. The Kier molecular flexibility index (Phi) is 7.86. The highest BCUT2D eigenvalue weighted by atomic mass is 35.5. The molecule has 4 nitrogen and oxygen atoms in total. The highest BCUT2D eigenvalue weighted by Crippen LogP contribution is 2.22. The third kappa shape index (κ3) is 6.27. The number of thioether (sulfide) groups is 1. The third-order valence-electron chi connectivity index (χ3n) is 2.76. The van der Waals surface area contributed by atoms with Gasteiger partial charge >= 0.3 is 0 Å². The zero-order valence-corrected chi connectivity index (χ0v) is 12.6. The zero-order valence-electron chi connectivity index (χ0n) is 11.0. The van der Waals surface area contributed by atoms with E-state index in [0.717, 1.165) is 13.0 Å². The molecule has 0 radical (unpaired) electrons. The summed E-state index contributed by atoms with van der Waals surface area (Å²) in [6, 6.07) is 4.66. The molecule has 0 aliphatic rings. The molecular weight excluding hydrogens is 284 g/mol. The maximum absolute atomic E-state index is 10.9. The molecule has 19 heavy (non-hydrogen) atoms. The molecule has 6 heteroatoms. The van der Waals surface area contributed by atoms with E-state index < -0.39 is 0 Å². The van der Waals surface area contributed by atoms with E-state index >= 15 is 0 Å². The lowest BCUT2D eigenvalue weighted by molar-refractivity contribution is -0.385. The van der Waals surface area contributed by atoms with Gasteiger partial charge in [0.25, 0.3) is 5.69 Å². The summed E-state index contributed by atoms with van der Waals surface area (Å²) in [4.78, 5) is 10.5. The third-order valence-corrected chi connectivity index (χ3v) is 3.69. The summed E-state index contributed by atoms with van der Waals surface area (Å²) in [5.41, 5.74) is 0.765. The van der Waals surface area contributed by atoms with Crippen molar-refractivity contribution in [1.82, 2.24) is 5.32 Å². The molecule has 0 heterocycles. The summed E-state index contributed by atoms with van der Waals surface area (Å²) in [5.74, 6) is 1.19. The topological polar surface area (TPSA) is 55.2 Å². The lowest BCUT2D eigenvalue weighted by Gasteiger charge is -2.06. The van der Waals surface area contributed by atoms with Crippen LogP contribution in [0.25, 0.3) is 0 Å². The predicted molar refractivity (Wildman–Crippen MR) is 82.0 cm³/mol. The monoisotopic (exact) mass is 302 g/mol. The molecule has 0 aromatic heterocycles. The van der Waals surface area contributed by atoms with E-state index in [2.05, 4.69) is 11.6 Å². The first-order valence-corrected chi connectivity index (χ1v) is 8.05. The van der Waals surface area contributed by atoms with Crippen LogP contribution in [0.1, 0.15) is 24.8 Å². The summed E-state index contributed by atoms with van der Waals surface area (Å²) in [6.07, 6.45) is 5.61. The largest absolute Gasteiger partial charge is 0.312 e. The first kappa shape index (κ1) is 16.3. The van der Waals surface area contributed by atoms with Gasteiger partial charge in [-0.05, 0) is 43.5 Å². The van der Waals surface area contributed by atoms with E-state index in [1.807, 2.05) is 11.8 Å². The first-order valence-electron chi connectivity index (χ1n) is 6.27. The number of hydrogen-bond acceptors (Lipinski definition) is 4. The van der Waals surface area contributed by atoms with Gasteiger partial charge in [-0.2, -0.15) is 11.8 Å². The molecular formula is C13H19ClN2O2S. The molecule has 1 aromatic rings. The highest BCUT2D eigenvalue weighted by Gasteiger charge is 2.12. The summed E-state index contributed by atoms with van der Waals surface area (Å²) in [6.45, 7) is 1.36.